The highest BCUT2D eigenvalue weighted by Crippen LogP contribution is 2.45. The predicted octanol–water partition coefficient (Wildman–Crippen LogP) is 1.43. The molecule has 0 aromatic heterocycles. The van der Waals surface area contributed by atoms with Gasteiger partial charge in [-0.3, -0.25) is 4.79 Å². The van der Waals surface area contributed by atoms with Crippen molar-refractivity contribution in [1.29, 1.82) is 0 Å². The summed E-state index contributed by atoms with van der Waals surface area (Å²) in [6.07, 6.45) is 6.60. The summed E-state index contributed by atoms with van der Waals surface area (Å²) in [6.45, 7) is 0.243. The molecule has 2 amide bonds. The van der Waals surface area contributed by atoms with E-state index in [-0.39, 0.29) is 18.6 Å². The summed E-state index contributed by atoms with van der Waals surface area (Å²) in [5.41, 5.74) is -0.686. The standard InChI is InChI=1S/C12H20N2O3S/c1-18-9-3-2-8(6-9)14-11(17)13-7-12(4-5-12)10(15)16/h8-9H,2-7H2,1H3,(H,15,16)(H2,13,14,17). The first kappa shape index (κ1) is 13.5. The van der Waals surface area contributed by atoms with Crippen LogP contribution in [0.15, 0.2) is 0 Å². The lowest BCUT2D eigenvalue weighted by atomic mass is 10.1. The van der Waals surface area contributed by atoms with E-state index in [2.05, 4.69) is 16.9 Å². The molecule has 0 spiro atoms. The zero-order chi connectivity index (χ0) is 13.2. The third-order valence-electron chi connectivity index (χ3n) is 3.95. The molecule has 0 heterocycles. The zero-order valence-corrected chi connectivity index (χ0v) is 11.4. The molecule has 2 atom stereocenters. The summed E-state index contributed by atoms with van der Waals surface area (Å²) in [7, 11) is 0. The summed E-state index contributed by atoms with van der Waals surface area (Å²) in [5.74, 6) is -0.800. The fourth-order valence-corrected chi connectivity index (χ4v) is 3.18. The van der Waals surface area contributed by atoms with Crippen molar-refractivity contribution >= 4 is 23.8 Å². The van der Waals surface area contributed by atoms with E-state index in [4.69, 9.17) is 5.11 Å². The molecule has 0 bridgehead atoms. The highest BCUT2D eigenvalue weighted by Gasteiger charge is 2.50. The van der Waals surface area contributed by atoms with Gasteiger partial charge in [0, 0.05) is 17.8 Å². The van der Waals surface area contributed by atoms with Crippen LogP contribution in [0.2, 0.25) is 0 Å². The molecular formula is C12H20N2O3S. The molecule has 102 valence electrons. The number of hydrogen-bond acceptors (Lipinski definition) is 3. The summed E-state index contributed by atoms with van der Waals surface area (Å²) in [5, 5.41) is 15.3. The van der Waals surface area contributed by atoms with Crippen LogP contribution >= 0.6 is 11.8 Å². The predicted molar refractivity (Wildman–Crippen MR) is 70.8 cm³/mol. The molecular weight excluding hydrogens is 252 g/mol. The molecule has 2 fully saturated rings. The van der Waals surface area contributed by atoms with Crippen LogP contribution in [0.1, 0.15) is 32.1 Å². The quantitative estimate of drug-likeness (QED) is 0.707. The van der Waals surface area contributed by atoms with Crippen molar-refractivity contribution in [2.24, 2.45) is 5.41 Å². The van der Waals surface area contributed by atoms with E-state index in [1.165, 1.54) is 0 Å². The lowest BCUT2D eigenvalue weighted by Crippen LogP contribution is -2.44. The molecule has 0 aromatic carbocycles. The number of aliphatic carboxylic acids is 1. The van der Waals surface area contributed by atoms with E-state index in [0.717, 1.165) is 19.3 Å². The minimum atomic E-state index is -0.800. The maximum Gasteiger partial charge on any atom is 0.315 e. The first-order valence-electron chi connectivity index (χ1n) is 6.36. The van der Waals surface area contributed by atoms with E-state index < -0.39 is 11.4 Å². The van der Waals surface area contributed by atoms with Crippen molar-refractivity contribution in [3.63, 3.8) is 0 Å². The van der Waals surface area contributed by atoms with E-state index in [0.29, 0.717) is 18.1 Å². The lowest BCUT2D eigenvalue weighted by Gasteiger charge is -2.15. The van der Waals surface area contributed by atoms with Gasteiger partial charge in [-0.05, 0) is 38.4 Å². The van der Waals surface area contributed by atoms with Crippen molar-refractivity contribution < 1.29 is 14.7 Å². The second kappa shape index (κ2) is 5.38. The van der Waals surface area contributed by atoms with Gasteiger partial charge in [-0.1, -0.05) is 0 Å². The Balaban J connectivity index is 1.68. The normalized spacial score (nSPS) is 28.7. The number of nitrogens with one attached hydrogen (secondary N) is 2. The largest absolute Gasteiger partial charge is 0.481 e. The number of carboxylic acid groups (broad SMARTS) is 1. The van der Waals surface area contributed by atoms with Crippen molar-refractivity contribution in [1.82, 2.24) is 10.6 Å². The van der Waals surface area contributed by atoms with Gasteiger partial charge in [-0.25, -0.2) is 4.79 Å². The summed E-state index contributed by atoms with van der Waals surface area (Å²) in [6, 6.07) is 0.0108. The van der Waals surface area contributed by atoms with Gasteiger partial charge in [-0.2, -0.15) is 11.8 Å². The van der Waals surface area contributed by atoms with Gasteiger partial charge in [-0.15, -0.1) is 0 Å². The Kier molecular flexibility index (Phi) is 4.04. The van der Waals surface area contributed by atoms with Gasteiger partial charge in [0.15, 0.2) is 0 Å². The molecule has 2 saturated carbocycles. The van der Waals surface area contributed by atoms with Crippen LogP contribution in [0.5, 0.6) is 0 Å². The maximum absolute atomic E-state index is 11.7. The van der Waals surface area contributed by atoms with Crippen LogP contribution in [0.4, 0.5) is 4.79 Å². The van der Waals surface area contributed by atoms with E-state index in [1.807, 2.05) is 11.8 Å². The zero-order valence-electron chi connectivity index (χ0n) is 10.6. The molecule has 0 aromatic rings. The second-order valence-electron chi connectivity index (χ2n) is 5.28. The number of amides is 2. The van der Waals surface area contributed by atoms with Crippen molar-refractivity contribution in [3.8, 4) is 0 Å². The Morgan fingerprint density at radius 2 is 2.11 bits per heavy atom. The lowest BCUT2D eigenvalue weighted by molar-refractivity contribution is -0.143. The number of carboxylic acids is 1. The molecule has 6 heteroatoms. The van der Waals surface area contributed by atoms with Crippen LogP contribution in [0, 0.1) is 5.41 Å². The Morgan fingerprint density at radius 1 is 1.39 bits per heavy atom. The topological polar surface area (TPSA) is 78.4 Å². The number of carbonyl (C=O) groups excluding carboxylic acids is 1. The Bertz CT molecular complexity index is 344. The average molecular weight is 272 g/mol. The SMILES string of the molecule is CSC1CCC(NC(=O)NCC2(C(=O)O)CC2)C1. The first-order chi connectivity index (χ1) is 8.55. The summed E-state index contributed by atoms with van der Waals surface area (Å²) >= 11 is 1.85. The highest BCUT2D eigenvalue weighted by atomic mass is 32.2. The first-order valence-corrected chi connectivity index (χ1v) is 7.65. The minimum absolute atomic E-state index is 0.228. The number of thioether (sulfide) groups is 1. The van der Waals surface area contributed by atoms with Gasteiger partial charge in [0.1, 0.15) is 0 Å². The highest BCUT2D eigenvalue weighted by molar-refractivity contribution is 7.99. The van der Waals surface area contributed by atoms with Crippen LogP contribution in [-0.4, -0.2) is 41.2 Å². The fourth-order valence-electron chi connectivity index (χ4n) is 2.39. The second-order valence-corrected chi connectivity index (χ2v) is 6.42. The van der Waals surface area contributed by atoms with Crippen molar-refractivity contribution in [3.05, 3.63) is 0 Å². The molecule has 5 nitrogen and oxygen atoms in total. The fraction of sp³-hybridized carbons (Fsp3) is 0.833. The smallest absolute Gasteiger partial charge is 0.315 e. The number of rotatable bonds is 5. The van der Waals surface area contributed by atoms with Crippen molar-refractivity contribution in [2.75, 3.05) is 12.8 Å². The molecule has 2 aliphatic rings. The number of carbonyl (C=O) groups is 2. The molecule has 2 aliphatic carbocycles. The van der Waals surface area contributed by atoms with Gasteiger partial charge in [0.25, 0.3) is 0 Å². The van der Waals surface area contributed by atoms with Gasteiger partial charge in [0.2, 0.25) is 0 Å². The molecule has 0 saturated heterocycles. The number of hydrogen-bond donors (Lipinski definition) is 3. The van der Waals surface area contributed by atoms with Crippen molar-refractivity contribution in [2.45, 2.75) is 43.4 Å². The van der Waals surface area contributed by atoms with E-state index in [1.54, 1.807) is 0 Å². The third-order valence-corrected chi connectivity index (χ3v) is 5.04. The van der Waals surface area contributed by atoms with Crippen LogP contribution in [-0.2, 0) is 4.79 Å². The number of urea groups is 1. The molecule has 3 N–H and O–H groups in total. The summed E-state index contributed by atoms with van der Waals surface area (Å²) < 4.78 is 0. The van der Waals surface area contributed by atoms with Crippen LogP contribution in [0.25, 0.3) is 0 Å². The molecule has 0 radical (unpaired) electrons. The minimum Gasteiger partial charge on any atom is -0.481 e. The monoisotopic (exact) mass is 272 g/mol. The Labute approximate surface area is 111 Å². The molecule has 18 heavy (non-hydrogen) atoms. The van der Waals surface area contributed by atoms with Gasteiger partial charge < -0.3 is 15.7 Å². The molecule has 2 unspecified atom stereocenters. The maximum atomic E-state index is 11.7. The Hall–Kier alpha value is -0.910. The molecule has 2 rings (SSSR count). The molecule has 0 aliphatic heterocycles. The van der Waals surface area contributed by atoms with E-state index >= 15 is 0 Å². The average Bonchev–Trinajstić information content (AvgIpc) is 3.01. The van der Waals surface area contributed by atoms with Crippen LogP contribution in [0.3, 0.4) is 0 Å². The summed E-state index contributed by atoms with van der Waals surface area (Å²) in [4.78, 5) is 22.6. The Morgan fingerprint density at radius 3 is 2.61 bits per heavy atom. The van der Waals surface area contributed by atoms with Crippen LogP contribution < -0.4 is 10.6 Å². The third kappa shape index (κ3) is 3.10. The van der Waals surface area contributed by atoms with E-state index in [9.17, 15) is 9.59 Å². The van der Waals surface area contributed by atoms with Gasteiger partial charge in [0.05, 0.1) is 5.41 Å². The van der Waals surface area contributed by atoms with Gasteiger partial charge >= 0.3 is 12.0 Å².